The number of nitrogens with one attached hydrogen (secondary N) is 1. The number of alkyl halides is 1. The second kappa shape index (κ2) is 8.58. The van der Waals surface area contributed by atoms with Crippen LogP contribution < -0.4 is 5.56 Å². The summed E-state index contributed by atoms with van der Waals surface area (Å²) in [5.74, 6) is 0.191. The number of benzene rings is 2. The Morgan fingerprint density at radius 3 is 2.65 bits per heavy atom. The van der Waals surface area contributed by atoms with Crippen LogP contribution in [0.2, 0.25) is 0 Å². The monoisotopic (exact) mass is 466 g/mol. The standard InChI is InChI=1S/C28H23ClN4O/c29-17-23-24(21-13-14-22-20(16-21)12-7-15-30-22)28(34)33-27(31-23)25(18-8-3-1-4-9-18)26(32-33)19-10-5-2-6-11-19/h2,5-8,10-16,31H,1,3-4,9,17H2. The molecule has 0 spiro atoms. The van der Waals surface area contributed by atoms with Crippen LogP contribution in [0.1, 0.15) is 36.9 Å². The van der Waals surface area contributed by atoms with Gasteiger partial charge in [-0.2, -0.15) is 9.61 Å². The van der Waals surface area contributed by atoms with Crippen molar-refractivity contribution >= 4 is 33.7 Å². The predicted octanol–water partition coefficient (Wildman–Crippen LogP) is 6.60. The first kappa shape index (κ1) is 20.9. The van der Waals surface area contributed by atoms with Crippen LogP contribution in [-0.4, -0.2) is 19.6 Å². The van der Waals surface area contributed by atoms with E-state index in [1.807, 2.05) is 60.7 Å². The largest absolute Gasteiger partial charge is 0.341 e. The molecule has 0 radical (unpaired) electrons. The summed E-state index contributed by atoms with van der Waals surface area (Å²) in [5, 5.41) is 5.83. The van der Waals surface area contributed by atoms with Crippen LogP contribution >= 0.6 is 11.6 Å². The molecule has 0 fully saturated rings. The topological polar surface area (TPSA) is 63.0 Å². The van der Waals surface area contributed by atoms with E-state index >= 15 is 0 Å². The fourth-order valence-corrected chi connectivity index (χ4v) is 5.12. The summed E-state index contributed by atoms with van der Waals surface area (Å²) >= 11 is 6.41. The summed E-state index contributed by atoms with van der Waals surface area (Å²) in [5.41, 5.74) is 7.51. The van der Waals surface area contributed by atoms with Crippen LogP contribution in [-0.2, 0) is 5.88 Å². The normalized spacial score (nSPS) is 14.0. The molecule has 0 unspecified atom stereocenters. The third-order valence-corrected chi connectivity index (χ3v) is 6.81. The summed E-state index contributed by atoms with van der Waals surface area (Å²) < 4.78 is 1.52. The maximum Gasteiger partial charge on any atom is 0.282 e. The first-order valence-corrected chi connectivity index (χ1v) is 12.1. The van der Waals surface area contributed by atoms with Crippen molar-refractivity contribution in [1.29, 1.82) is 0 Å². The highest BCUT2D eigenvalue weighted by molar-refractivity contribution is 6.17. The fraction of sp³-hybridized carbons (Fsp3) is 0.179. The van der Waals surface area contributed by atoms with Crippen molar-refractivity contribution in [3.8, 4) is 22.4 Å². The number of H-pyrrole nitrogens is 1. The first-order chi connectivity index (χ1) is 16.7. The molecule has 3 aromatic heterocycles. The van der Waals surface area contributed by atoms with Gasteiger partial charge in [-0.05, 0) is 55.0 Å². The lowest BCUT2D eigenvalue weighted by molar-refractivity contribution is 0.742. The van der Waals surface area contributed by atoms with Crippen molar-refractivity contribution in [3.05, 3.63) is 94.5 Å². The molecule has 168 valence electrons. The Bertz CT molecular complexity index is 1610. The third kappa shape index (κ3) is 3.44. The van der Waals surface area contributed by atoms with E-state index in [4.69, 9.17) is 16.7 Å². The van der Waals surface area contributed by atoms with Crippen molar-refractivity contribution in [1.82, 2.24) is 19.6 Å². The average molecular weight is 467 g/mol. The number of aromatic amines is 1. The van der Waals surface area contributed by atoms with Gasteiger partial charge in [0.15, 0.2) is 0 Å². The molecule has 0 saturated carbocycles. The third-order valence-electron chi connectivity index (χ3n) is 6.55. The lowest BCUT2D eigenvalue weighted by Crippen LogP contribution is -2.20. The molecule has 34 heavy (non-hydrogen) atoms. The second-order valence-corrected chi connectivity index (χ2v) is 8.92. The molecule has 0 amide bonds. The minimum atomic E-state index is -0.174. The molecule has 1 aliphatic rings. The molecule has 6 rings (SSSR count). The zero-order valence-electron chi connectivity index (χ0n) is 18.6. The number of allylic oxidation sites excluding steroid dienone is 2. The number of nitrogens with zero attached hydrogens (tertiary/aromatic N) is 3. The number of pyridine rings is 1. The number of hydrogen-bond acceptors (Lipinski definition) is 3. The van der Waals surface area contributed by atoms with Gasteiger partial charge in [-0.1, -0.05) is 48.5 Å². The first-order valence-electron chi connectivity index (χ1n) is 11.6. The number of fused-ring (bicyclic) bond motifs is 2. The summed E-state index contributed by atoms with van der Waals surface area (Å²) in [6.45, 7) is 0. The lowest BCUT2D eigenvalue weighted by Gasteiger charge is -2.14. The SMILES string of the molecule is O=c1c(-c2ccc3ncccc3c2)c(CCl)[nH]c2c(C3=CCCCC3)c(-c3ccccc3)nn12. The Morgan fingerprint density at radius 2 is 1.85 bits per heavy atom. The van der Waals surface area contributed by atoms with Crippen LogP contribution in [0.3, 0.4) is 0 Å². The molecule has 0 aliphatic heterocycles. The van der Waals surface area contributed by atoms with Gasteiger partial charge in [-0.25, -0.2) is 0 Å². The van der Waals surface area contributed by atoms with Crippen LogP contribution in [0.5, 0.6) is 0 Å². The van der Waals surface area contributed by atoms with Gasteiger partial charge >= 0.3 is 0 Å². The molecule has 3 heterocycles. The summed E-state index contributed by atoms with van der Waals surface area (Å²) in [7, 11) is 0. The maximum atomic E-state index is 13.9. The van der Waals surface area contributed by atoms with E-state index in [-0.39, 0.29) is 11.4 Å². The number of hydrogen-bond donors (Lipinski definition) is 1. The highest BCUT2D eigenvalue weighted by Gasteiger charge is 2.24. The number of halogens is 1. The van der Waals surface area contributed by atoms with Gasteiger partial charge in [0, 0.05) is 28.4 Å². The van der Waals surface area contributed by atoms with Gasteiger partial charge in [0.1, 0.15) is 11.3 Å². The molecule has 1 aliphatic carbocycles. The van der Waals surface area contributed by atoms with Crippen LogP contribution in [0.25, 0.3) is 44.5 Å². The molecule has 2 aromatic carbocycles. The molecular weight excluding hydrogens is 444 g/mol. The molecule has 0 bridgehead atoms. The van der Waals surface area contributed by atoms with Gasteiger partial charge in [-0.3, -0.25) is 9.78 Å². The maximum absolute atomic E-state index is 13.9. The Kier molecular flexibility index (Phi) is 5.27. The smallest absolute Gasteiger partial charge is 0.282 e. The van der Waals surface area contributed by atoms with E-state index in [0.717, 1.165) is 52.5 Å². The minimum Gasteiger partial charge on any atom is -0.341 e. The number of aromatic nitrogens is 4. The van der Waals surface area contributed by atoms with Crippen molar-refractivity contribution in [2.24, 2.45) is 0 Å². The summed E-state index contributed by atoms with van der Waals surface area (Å²) in [6.07, 6.45) is 8.38. The van der Waals surface area contributed by atoms with Crippen LogP contribution in [0.15, 0.2) is 77.7 Å². The zero-order chi connectivity index (χ0) is 23.1. The lowest BCUT2D eigenvalue weighted by atomic mass is 9.92. The van der Waals surface area contributed by atoms with E-state index in [2.05, 4.69) is 16.0 Å². The molecule has 0 atom stereocenters. The van der Waals surface area contributed by atoms with E-state index < -0.39 is 0 Å². The van der Waals surface area contributed by atoms with E-state index in [9.17, 15) is 4.79 Å². The van der Waals surface area contributed by atoms with Gasteiger partial charge in [-0.15, -0.1) is 11.6 Å². The van der Waals surface area contributed by atoms with Gasteiger partial charge in [0.2, 0.25) is 0 Å². The summed E-state index contributed by atoms with van der Waals surface area (Å²) in [6, 6.07) is 19.8. The van der Waals surface area contributed by atoms with E-state index in [1.165, 1.54) is 16.5 Å². The van der Waals surface area contributed by atoms with Gasteiger partial charge in [0.05, 0.1) is 17.0 Å². The Morgan fingerprint density at radius 1 is 0.971 bits per heavy atom. The highest BCUT2D eigenvalue weighted by Crippen LogP contribution is 2.36. The molecule has 6 heteroatoms. The quantitative estimate of drug-likeness (QED) is 0.303. The second-order valence-electron chi connectivity index (χ2n) is 8.65. The Balaban J connectivity index is 1.65. The summed E-state index contributed by atoms with van der Waals surface area (Å²) in [4.78, 5) is 21.8. The van der Waals surface area contributed by atoms with Gasteiger partial charge < -0.3 is 4.98 Å². The molecule has 1 N–H and O–H groups in total. The predicted molar refractivity (Wildman–Crippen MR) is 138 cm³/mol. The average Bonchev–Trinajstić information content (AvgIpc) is 3.29. The van der Waals surface area contributed by atoms with Crippen molar-refractivity contribution in [2.75, 3.05) is 0 Å². The number of rotatable bonds is 4. The van der Waals surface area contributed by atoms with Crippen molar-refractivity contribution in [3.63, 3.8) is 0 Å². The molecule has 5 nitrogen and oxygen atoms in total. The minimum absolute atomic E-state index is 0.174. The Labute approximate surface area is 201 Å². The molecular formula is C28H23ClN4O. The Hall–Kier alpha value is -3.70. The highest BCUT2D eigenvalue weighted by atomic mass is 35.5. The van der Waals surface area contributed by atoms with Crippen LogP contribution in [0.4, 0.5) is 0 Å². The molecule has 0 saturated heterocycles. The molecule has 5 aromatic rings. The van der Waals surface area contributed by atoms with E-state index in [0.29, 0.717) is 16.9 Å². The van der Waals surface area contributed by atoms with E-state index in [1.54, 1.807) is 6.20 Å². The fourth-order valence-electron chi connectivity index (χ4n) is 4.92. The van der Waals surface area contributed by atoms with Crippen molar-refractivity contribution < 1.29 is 0 Å². The van der Waals surface area contributed by atoms with Gasteiger partial charge in [0.25, 0.3) is 5.56 Å². The van der Waals surface area contributed by atoms with Crippen LogP contribution in [0, 0.1) is 0 Å². The van der Waals surface area contributed by atoms with Crippen molar-refractivity contribution in [2.45, 2.75) is 31.6 Å². The zero-order valence-corrected chi connectivity index (χ0v) is 19.3.